The van der Waals surface area contributed by atoms with Gasteiger partial charge >= 0.3 is 10.4 Å². The number of rotatable bonds is 4. The molecule has 1 saturated heterocycles. The van der Waals surface area contributed by atoms with E-state index in [4.69, 9.17) is 0 Å². The molecule has 0 saturated carbocycles. The Kier molecular flexibility index (Phi) is 3.26. The number of quaternary nitrogens is 1. The van der Waals surface area contributed by atoms with E-state index in [1.54, 1.807) is 0 Å². The summed E-state index contributed by atoms with van der Waals surface area (Å²) in [6, 6.07) is 0. The zero-order chi connectivity index (χ0) is 9.95. The Morgan fingerprint density at radius 1 is 1.38 bits per heavy atom. The first-order chi connectivity index (χ1) is 5.91. The molecule has 6 heteroatoms. The number of nitrogens with one attached hydrogen (secondary N) is 1. The summed E-state index contributed by atoms with van der Waals surface area (Å²) < 4.78 is 35.0. The Hall–Kier alpha value is -0.200. The highest BCUT2D eigenvalue weighted by Gasteiger charge is 2.26. The first-order valence-electron chi connectivity index (χ1n) is 4.44. The molecule has 0 radical (unpaired) electrons. The van der Waals surface area contributed by atoms with Crippen LogP contribution < -0.4 is 4.72 Å². The van der Waals surface area contributed by atoms with Gasteiger partial charge in [-0.3, -0.25) is 0 Å². The second-order valence-corrected chi connectivity index (χ2v) is 4.99. The van der Waals surface area contributed by atoms with Crippen LogP contribution in [0, 0.1) is 0 Å². The van der Waals surface area contributed by atoms with Crippen molar-refractivity contribution in [2.45, 2.75) is 12.8 Å². The summed E-state index contributed by atoms with van der Waals surface area (Å²) in [6.07, 6.45) is 2.36. The van der Waals surface area contributed by atoms with Crippen LogP contribution in [-0.2, 0) is 10.4 Å². The quantitative estimate of drug-likeness (QED) is 0.527. The van der Waals surface area contributed by atoms with E-state index in [0.29, 0.717) is 6.54 Å². The highest BCUT2D eigenvalue weighted by atomic mass is 32.3. The standard InChI is InChI=1S/C7H16FN2O2S/c1-10(5-2-3-6-10)7-4-9-13(8,11)12/h9H,2-7H2,1H3/q+1. The van der Waals surface area contributed by atoms with E-state index < -0.39 is 10.4 Å². The van der Waals surface area contributed by atoms with Crippen LogP contribution in [0.25, 0.3) is 0 Å². The van der Waals surface area contributed by atoms with Crippen molar-refractivity contribution in [3.05, 3.63) is 0 Å². The Morgan fingerprint density at radius 3 is 2.38 bits per heavy atom. The highest BCUT2D eigenvalue weighted by Crippen LogP contribution is 2.14. The molecule has 0 aromatic rings. The first-order valence-corrected chi connectivity index (χ1v) is 5.82. The van der Waals surface area contributed by atoms with Gasteiger partial charge in [-0.2, -0.15) is 13.1 Å². The van der Waals surface area contributed by atoms with Gasteiger partial charge in [-0.15, -0.1) is 0 Å². The van der Waals surface area contributed by atoms with E-state index in [1.807, 2.05) is 4.72 Å². The van der Waals surface area contributed by atoms with Gasteiger partial charge in [-0.25, -0.2) is 0 Å². The van der Waals surface area contributed by atoms with Crippen LogP contribution >= 0.6 is 0 Å². The minimum Gasteiger partial charge on any atom is -0.325 e. The molecule has 1 rings (SSSR count). The number of hydrogen-bond donors (Lipinski definition) is 1. The van der Waals surface area contributed by atoms with Gasteiger partial charge in [0.25, 0.3) is 0 Å². The molecule has 78 valence electrons. The predicted octanol–water partition coefficient (Wildman–Crippen LogP) is 0.0307. The number of hydrogen-bond acceptors (Lipinski definition) is 2. The summed E-state index contributed by atoms with van der Waals surface area (Å²) in [5, 5.41) is 0. The zero-order valence-electron chi connectivity index (χ0n) is 7.79. The summed E-state index contributed by atoms with van der Waals surface area (Å²) in [5.41, 5.74) is 0. The molecule has 1 aliphatic rings. The number of nitrogens with zero attached hydrogens (tertiary/aromatic N) is 1. The molecule has 4 nitrogen and oxygen atoms in total. The monoisotopic (exact) mass is 211 g/mol. The molecule has 0 aliphatic carbocycles. The largest absolute Gasteiger partial charge is 0.372 e. The third-order valence-electron chi connectivity index (χ3n) is 2.57. The lowest BCUT2D eigenvalue weighted by atomic mass is 10.4. The van der Waals surface area contributed by atoms with Gasteiger partial charge in [0.2, 0.25) is 0 Å². The van der Waals surface area contributed by atoms with Crippen LogP contribution in [0.1, 0.15) is 12.8 Å². The highest BCUT2D eigenvalue weighted by molar-refractivity contribution is 7.84. The van der Waals surface area contributed by atoms with Gasteiger partial charge < -0.3 is 4.48 Å². The van der Waals surface area contributed by atoms with Crippen molar-refractivity contribution in [1.82, 2.24) is 4.72 Å². The Bertz CT molecular complexity index is 260. The fourth-order valence-corrected chi connectivity index (χ4v) is 2.10. The maximum Gasteiger partial charge on any atom is 0.372 e. The molecule has 1 aliphatic heterocycles. The Labute approximate surface area is 78.7 Å². The number of likely N-dealkylation sites (N-methyl/N-ethyl adjacent to an activating group) is 1. The fraction of sp³-hybridized carbons (Fsp3) is 1.00. The molecule has 0 spiro atoms. The number of likely N-dealkylation sites (tertiary alicyclic amines) is 1. The summed E-state index contributed by atoms with van der Waals surface area (Å²) in [4.78, 5) is 0. The molecule has 0 bridgehead atoms. The lowest BCUT2D eigenvalue weighted by Crippen LogP contribution is -2.45. The molecule has 0 aromatic carbocycles. The summed E-state index contributed by atoms with van der Waals surface area (Å²) in [6.45, 7) is 2.99. The summed E-state index contributed by atoms with van der Waals surface area (Å²) in [7, 11) is -2.43. The van der Waals surface area contributed by atoms with Gasteiger partial charge in [-0.05, 0) is 0 Å². The van der Waals surface area contributed by atoms with Crippen molar-refractivity contribution in [1.29, 1.82) is 0 Å². The van der Waals surface area contributed by atoms with Gasteiger partial charge in [-0.1, -0.05) is 3.89 Å². The molecule has 0 aromatic heterocycles. The van der Waals surface area contributed by atoms with Crippen molar-refractivity contribution in [2.75, 3.05) is 33.2 Å². The van der Waals surface area contributed by atoms with Crippen LogP contribution in [-0.4, -0.2) is 46.1 Å². The SMILES string of the molecule is C[N+]1(CCNS(=O)(=O)F)CCCC1. The first kappa shape index (κ1) is 10.9. The maximum atomic E-state index is 12.0. The van der Waals surface area contributed by atoms with Gasteiger partial charge in [0.05, 0.1) is 33.2 Å². The van der Waals surface area contributed by atoms with Gasteiger partial charge in [0, 0.05) is 12.8 Å². The van der Waals surface area contributed by atoms with E-state index >= 15 is 0 Å². The number of halogens is 1. The third kappa shape index (κ3) is 4.02. The van der Waals surface area contributed by atoms with E-state index in [1.165, 1.54) is 12.8 Å². The third-order valence-corrected chi connectivity index (χ3v) is 3.12. The van der Waals surface area contributed by atoms with Crippen molar-refractivity contribution in [3.63, 3.8) is 0 Å². The second-order valence-electron chi connectivity index (χ2n) is 3.83. The molecular formula is C7H16FN2O2S+. The smallest absolute Gasteiger partial charge is 0.325 e. The normalized spacial score (nSPS) is 22.0. The fourth-order valence-electron chi connectivity index (χ4n) is 1.76. The van der Waals surface area contributed by atoms with E-state index in [2.05, 4.69) is 7.05 Å². The maximum absolute atomic E-state index is 12.0. The average Bonchev–Trinajstić information content (AvgIpc) is 2.33. The molecule has 1 fully saturated rings. The van der Waals surface area contributed by atoms with Crippen LogP contribution in [0.4, 0.5) is 3.89 Å². The van der Waals surface area contributed by atoms with Crippen molar-refractivity contribution < 1.29 is 16.8 Å². The predicted molar refractivity (Wildman–Crippen MR) is 48.0 cm³/mol. The van der Waals surface area contributed by atoms with E-state index in [-0.39, 0.29) is 6.54 Å². The second kappa shape index (κ2) is 3.89. The van der Waals surface area contributed by atoms with Crippen LogP contribution in [0.2, 0.25) is 0 Å². The molecule has 1 N–H and O–H groups in total. The van der Waals surface area contributed by atoms with E-state index in [9.17, 15) is 12.3 Å². The van der Waals surface area contributed by atoms with Crippen LogP contribution in [0.5, 0.6) is 0 Å². The minimum atomic E-state index is -4.50. The molecular weight excluding hydrogens is 195 g/mol. The average molecular weight is 211 g/mol. The summed E-state index contributed by atoms with van der Waals surface area (Å²) >= 11 is 0. The lowest BCUT2D eigenvalue weighted by Gasteiger charge is -2.28. The molecule has 1 heterocycles. The van der Waals surface area contributed by atoms with E-state index in [0.717, 1.165) is 17.6 Å². The minimum absolute atomic E-state index is 0.190. The topological polar surface area (TPSA) is 46.2 Å². The van der Waals surface area contributed by atoms with Crippen LogP contribution in [0.15, 0.2) is 0 Å². The van der Waals surface area contributed by atoms with Gasteiger partial charge in [0.1, 0.15) is 0 Å². The van der Waals surface area contributed by atoms with Crippen LogP contribution in [0.3, 0.4) is 0 Å². The molecule has 0 amide bonds. The van der Waals surface area contributed by atoms with Crippen molar-refractivity contribution >= 4 is 10.4 Å². The molecule has 13 heavy (non-hydrogen) atoms. The Morgan fingerprint density at radius 2 is 1.92 bits per heavy atom. The van der Waals surface area contributed by atoms with Crippen molar-refractivity contribution in [3.8, 4) is 0 Å². The Balaban J connectivity index is 2.26. The summed E-state index contributed by atoms with van der Waals surface area (Å²) in [5.74, 6) is 0. The molecule has 0 atom stereocenters. The zero-order valence-corrected chi connectivity index (χ0v) is 8.61. The van der Waals surface area contributed by atoms with Crippen molar-refractivity contribution in [2.24, 2.45) is 0 Å². The molecule has 0 unspecified atom stereocenters. The lowest BCUT2D eigenvalue weighted by molar-refractivity contribution is -0.896. The van der Waals surface area contributed by atoms with Gasteiger partial charge in [0.15, 0.2) is 0 Å².